The van der Waals surface area contributed by atoms with E-state index in [1.54, 1.807) is 0 Å². The molecule has 0 unspecified atom stereocenters. The molecule has 1 atom stereocenters. The molecule has 8 heteroatoms. The van der Waals surface area contributed by atoms with Gasteiger partial charge in [0.1, 0.15) is 0 Å². The molecule has 2 rings (SSSR count). The van der Waals surface area contributed by atoms with E-state index in [-0.39, 0.29) is 18.0 Å². The molecule has 0 aromatic heterocycles. The van der Waals surface area contributed by atoms with E-state index in [2.05, 4.69) is 24.5 Å². The smallest absolute Gasteiger partial charge is 0.356 e. The Hall–Kier alpha value is -1.70. The molecular formula is C17H21F3N2O2S. The number of thioether (sulfide) groups is 1. The number of benzene rings is 1. The lowest BCUT2D eigenvalue weighted by molar-refractivity contribution is -0.137. The minimum Gasteiger partial charge on any atom is -0.356 e. The van der Waals surface area contributed by atoms with Crippen molar-refractivity contribution >= 4 is 29.3 Å². The molecule has 25 heavy (non-hydrogen) atoms. The zero-order valence-corrected chi connectivity index (χ0v) is 14.9. The van der Waals surface area contributed by atoms with Gasteiger partial charge in [0.05, 0.1) is 16.5 Å². The number of hydrogen-bond donors (Lipinski definition) is 2. The first-order valence-corrected chi connectivity index (χ1v) is 9.00. The number of anilines is 1. The number of halogens is 3. The van der Waals surface area contributed by atoms with Gasteiger partial charge in [-0.1, -0.05) is 13.8 Å². The third-order valence-electron chi connectivity index (χ3n) is 3.78. The maximum Gasteiger partial charge on any atom is 0.416 e. The summed E-state index contributed by atoms with van der Waals surface area (Å²) in [6.07, 6.45) is -2.58. The van der Waals surface area contributed by atoms with Crippen LogP contribution < -0.4 is 10.6 Å². The molecule has 4 nitrogen and oxygen atoms in total. The topological polar surface area (TPSA) is 58.2 Å². The summed E-state index contributed by atoms with van der Waals surface area (Å²) >= 11 is 1.12. The summed E-state index contributed by atoms with van der Waals surface area (Å²) in [5.41, 5.74) is -0.674. The molecule has 1 aliphatic heterocycles. The monoisotopic (exact) mass is 374 g/mol. The van der Waals surface area contributed by atoms with Crippen LogP contribution in [0.1, 0.15) is 38.7 Å². The van der Waals surface area contributed by atoms with Gasteiger partial charge in [-0.05, 0) is 37.0 Å². The lowest BCUT2D eigenvalue weighted by atomic mass is 10.1. The second-order valence-corrected chi connectivity index (χ2v) is 7.64. The second-order valence-electron chi connectivity index (χ2n) is 6.39. The van der Waals surface area contributed by atoms with Crippen molar-refractivity contribution in [2.75, 3.05) is 11.9 Å². The van der Waals surface area contributed by atoms with Gasteiger partial charge in [0.25, 0.3) is 0 Å². The van der Waals surface area contributed by atoms with Crippen LogP contribution >= 0.6 is 11.8 Å². The number of carbonyl (C=O) groups is 2. The van der Waals surface area contributed by atoms with Crippen molar-refractivity contribution in [2.24, 2.45) is 5.92 Å². The molecule has 1 aliphatic rings. The summed E-state index contributed by atoms with van der Waals surface area (Å²) in [4.78, 5) is 24.6. The highest BCUT2D eigenvalue weighted by Gasteiger charge is 2.34. The van der Waals surface area contributed by atoms with E-state index in [1.807, 2.05) is 0 Å². The summed E-state index contributed by atoms with van der Waals surface area (Å²) in [7, 11) is 0. The molecule has 0 saturated heterocycles. The van der Waals surface area contributed by atoms with Crippen molar-refractivity contribution in [3.8, 4) is 0 Å². The molecule has 2 amide bonds. The van der Waals surface area contributed by atoms with Gasteiger partial charge < -0.3 is 10.6 Å². The largest absolute Gasteiger partial charge is 0.416 e. The minimum absolute atomic E-state index is 0.00135. The van der Waals surface area contributed by atoms with Crippen molar-refractivity contribution in [1.82, 2.24) is 5.32 Å². The fourth-order valence-corrected chi connectivity index (χ4v) is 3.53. The van der Waals surface area contributed by atoms with Crippen molar-refractivity contribution in [3.63, 3.8) is 0 Å². The third-order valence-corrected chi connectivity index (χ3v) is 5.05. The van der Waals surface area contributed by atoms with Gasteiger partial charge in [-0.3, -0.25) is 9.59 Å². The Labute approximate surface area is 148 Å². The molecule has 0 fully saturated rings. The summed E-state index contributed by atoms with van der Waals surface area (Å²) in [5, 5.41) is 4.60. The molecule has 1 aromatic carbocycles. The van der Waals surface area contributed by atoms with E-state index >= 15 is 0 Å². The number of alkyl halides is 3. The van der Waals surface area contributed by atoms with Crippen LogP contribution in [0.3, 0.4) is 0 Å². The Morgan fingerprint density at radius 1 is 1.36 bits per heavy atom. The number of fused-ring (bicyclic) bond motifs is 1. The molecule has 0 bridgehead atoms. The summed E-state index contributed by atoms with van der Waals surface area (Å²) in [6.45, 7) is 4.76. The third kappa shape index (κ3) is 5.66. The molecule has 138 valence electrons. The van der Waals surface area contributed by atoms with Gasteiger partial charge in [-0.15, -0.1) is 11.8 Å². The van der Waals surface area contributed by atoms with Gasteiger partial charge in [-0.2, -0.15) is 13.2 Å². The first-order valence-electron chi connectivity index (χ1n) is 8.12. The Kier molecular flexibility index (Phi) is 6.37. The summed E-state index contributed by atoms with van der Waals surface area (Å²) in [6, 6.07) is 3.23. The van der Waals surface area contributed by atoms with Crippen molar-refractivity contribution in [2.45, 2.75) is 49.4 Å². The highest BCUT2D eigenvalue weighted by molar-refractivity contribution is 8.01. The van der Waals surface area contributed by atoms with E-state index in [4.69, 9.17) is 0 Å². The molecule has 0 radical (unpaired) electrons. The molecule has 0 spiro atoms. The summed E-state index contributed by atoms with van der Waals surface area (Å²) in [5.74, 6) is -0.115. The minimum atomic E-state index is -4.46. The van der Waals surface area contributed by atoms with Crippen LogP contribution in [0.15, 0.2) is 23.1 Å². The van der Waals surface area contributed by atoms with Crippen LogP contribution in [0, 0.1) is 5.92 Å². The zero-order chi connectivity index (χ0) is 18.6. The van der Waals surface area contributed by atoms with Crippen LogP contribution in [0.4, 0.5) is 18.9 Å². The van der Waals surface area contributed by atoms with Gasteiger partial charge in [0, 0.05) is 17.9 Å². The highest BCUT2D eigenvalue weighted by Crippen LogP contribution is 2.40. The molecule has 0 saturated carbocycles. The average molecular weight is 374 g/mol. The Morgan fingerprint density at radius 2 is 2.08 bits per heavy atom. The number of nitrogens with one attached hydrogen (secondary N) is 2. The Balaban J connectivity index is 1.93. The van der Waals surface area contributed by atoms with Crippen molar-refractivity contribution in [3.05, 3.63) is 23.8 Å². The molecule has 2 N–H and O–H groups in total. The standard InChI is InChI=1S/C17H21F3N2O2S/c1-10(2)4-3-7-21-15(23)9-14-16(24)22-12-8-11(17(18,19)20)5-6-13(12)25-14/h5-6,8,10,14H,3-4,7,9H2,1-2H3,(H,21,23)(H,22,24)/t14-/m0/s1. The molecule has 1 heterocycles. The van der Waals surface area contributed by atoms with Gasteiger partial charge in [0.2, 0.25) is 11.8 Å². The van der Waals surface area contributed by atoms with E-state index < -0.39 is 22.9 Å². The van der Waals surface area contributed by atoms with Crippen LogP contribution in [0.2, 0.25) is 0 Å². The maximum atomic E-state index is 12.7. The number of carbonyl (C=O) groups excluding carboxylic acids is 2. The van der Waals surface area contributed by atoms with Crippen molar-refractivity contribution in [1.29, 1.82) is 0 Å². The van der Waals surface area contributed by atoms with Gasteiger partial charge >= 0.3 is 6.18 Å². The SMILES string of the molecule is CC(C)CCCNC(=O)C[C@@H]1Sc2ccc(C(F)(F)F)cc2NC1=O. The van der Waals surface area contributed by atoms with Gasteiger partial charge in [-0.25, -0.2) is 0 Å². The predicted octanol–water partition coefficient (Wildman–Crippen LogP) is 4.06. The van der Waals surface area contributed by atoms with Gasteiger partial charge in [0.15, 0.2) is 0 Å². The first kappa shape index (κ1) is 19.6. The van der Waals surface area contributed by atoms with Crippen molar-refractivity contribution < 1.29 is 22.8 Å². The Bertz CT molecular complexity index is 647. The van der Waals surface area contributed by atoms with E-state index in [1.165, 1.54) is 6.07 Å². The van der Waals surface area contributed by atoms with E-state index in [0.717, 1.165) is 36.7 Å². The second kappa shape index (κ2) is 8.12. The number of rotatable bonds is 6. The lowest BCUT2D eigenvalue weighted by Gasteiger charge is -2.24. The molecule has 1 aromatic rings. The lowest BCUT2D eigenvalue weighted by Crippen LogP contribution is -2.35. The normalized spacial score (nSPS) is 17.2. The Morgan fingerprint density at radius 3 is 2.72 bits per heavy atom. The van der Waals surface area contributed by atoms with Crippen LogP contribution in [0.5, 0.6) is 0 Å². The van der Waals surface area contributed by atoms with E-state index in [9.17, 15) is 22.8 Å². The first-order chi connectivity index (χ1) is 11.7. The molecule has 0 aliphatic carbocycles. The highest BCUT2D eigenvalue weighted by atomic mass is 32.2. The zero-order valence-electron chi connectivity index (χ0n) is 14.1. The number of amides is 2. The van der Waals surface area contributed by atoms with Crippen LogP contribution in [-0.4, -0.2) is 23.6 Å². The maximum absolute atomic E-state index is 12.7. The fraction of sp³-hybridized carbons (Fsp3) is 0.529. The fourth-order valence-electron chi connectivity index (χ4n) is 2.44. The van der Waals surface area contributed by atoms with E-state index in [0.29, 0.717) is 17.4 Å². The quantitative estimate of drug-likeness (QED) is 0.739. The number of hydrogen-bond acceptors (Lipinski definition) is 3. The average Bonchev–Trinajstić information content (AvgIpc) is 2.50. The summed E-state index contributed by atoms with van der Waals surface area (Å²) < 4.78 is 38.2. The molecular weight excluding hydrogens is 353 g/mol. The van der Waals surface area contributed by atoms with Crippen LogP contribution in [0.25, 0.3) is 0 Å². The van der Waals surface area contributed by atoms with Crippen LogP contribution in [-0.2, 0) is 15.8 Å². The predicted molar refractivity (Wildman–Crippen MR) is 91.4 cm³/mol.